The number of phosphoric ester groups is 2. The van der Waals surface area contributed by atoms with Gasteiger partial charge in [-0.1, -0.05) is 356 Å². The highest BCUT2D eigenvalue weighted by atomic mass is 31.2. The zero-order chi connectivity index (χ0) is 70.5. The molecule has 0 saturated heterocycles. The Bertz CT molecular complexity index is 1840. The van der Waals surface area contributed by atoms with Crippen LogP contribution in [0.25, 0.3) is 0 Å². The van der Waals surface area contributed by atoms with E-state index < -0.39 is 97.5 Å². The summed E-state index contributed by atoms with van der Waals surface area (Å²) in [5.74, 6) is -1.34. The van der Waals surface area contributed by atoms with E-state index in [1.165, 1.54) is 231 Å². The summed E-state index contributed by atoms with van der Waals surface area (Å²) in [6.07, 6.45) is 59.6. The summed E-state index contributed by atoms with van der Waals surface area (Å²) in [4.78, 5) is 72.8. The lowest BCUT2D eigenvalue weighted by Gasteiger charge is -2.21. The Morgan fingerprint density at radius 3 is 0.740 bits per heavy atom. The third-order valence-electron chi connectivity index (χ3n) is 18.4. The summed E-state index contributed by atoms with van der Waals surface area (Å²) in [6, 6.07) is 0. The topological polar surface area (TPSA) is 237 Å². The Hall–Kier alpha value is -1.94. The summed E-state index contributed by atoms with van der Waals surface area (Å²) in [6.45, 7) is 7.28. The van der Waals surface area contributed by atoms with Gasteiger partial charge < -0.3 is 33.8 Å². The molecule has 0 fully saturated rings. The molecule has 0 amide bonds. The molecule has 0 aromatic carbocycles. The zero-order valence-corrected chi connectivity index (χ0v) is 64.3. The summed E-state index contributed by atoms with van der Waals surface area (Å²) >= 11 is 0. The standard InChI is InChI=1S/C77H150O17P2/c1-6-10-13-16-19-22-24-26-28-30-32-34-36-38-41-47-52-57-62-76(81)93-72(67-88-75(80)61-56-51-46-40-37-35-33-31-29-27-25-23-20-17-14-11-7-2)68-91-95(83,84)89-64-71(78)65-90-96(85,86)92-69-73(66-87-74(79)60-55-50-45-39-21-18-15-12-8-3)94-77(82)63-58-53-48-43-42-44-49-54-59-70(5)9-4/h70-73,78H,6-69H2,1-5H3,(H,83,84)(H,85,86)/t70?,71-,72-,73-/m1/s1. The third-order valence-corrected chi connectivity index (χ3v) is 20.3. The molecule has 0 heterocycles. The van der Waals surface area contributed by atoms with Crippen molar-refractivity contribution in [3.8, 4) is 0 Å². The molecule has 0 radical (unpaired) electrons. The molecule has 0 spiro atoms. The fourth-order valence-corrected chi connectivity index (χ4v) is 13.4. The van der Waals surface area contributed by atoms with Crippen molar-refractivity contribution in [2.75, 3.05) is 39.6 Å². The lowest BCUT2D eigenvalue weighted by Crippen LogP contribution is -2.30. The SMILES string of the molecule is CCCCCCCCCCCCCCCCCCCCC(=O)O[C@H](COC(=O)CCCCCCCCCCCCCCCCCCC)COP(=O)(O)OC[C@@H](O)COP(=O)(O)OC[C@@H](COC(=O)CCCCCCCCCCC)OC(=O)CCCCCCCCCCC(C)CC. The largest absolute Gasteiger partial charge is 0.472 e. The molecule has 0 rings (SSSR count). The summed E-state index contributed by atoms with van der Waals surface area (Å²) in [7, 11) is -9.91. The molecule has 6 atom stereocenters. The quantitative estimate of drug-likeness (QED) is 0.0222. The van der Waals surface area contributed by atoms with Crippen LogP contribution in [0.4, 0.5) is 0 Å². The van der Waals surface area contributed by atoms with Crippen LogP contribution in [0, 0.1) is 5.92 Å². The number of hydrogen-bond acceptors (Lipinski definition) is 15. The first kappa shape index (κ1) is 94.1. The average molecular weight is 1410 g/mol. The maximum absolute atomic E-state index is 13.1. The molecule has 0 aliphatic carbocycles. The van der Waals surface area contributed by atoms with Crippen LogP contribution < -0.4 is 0 Å². The third kappa shape index (κ3) is 69.2. The maximum atomic E-state index is 13.1. The molecule has 0 aliphatic rings. The van der Waals surface area contributed by atoms with E-state index >= 15 is 0 Å². The van der Waals surface area contributed by atoms with Crippen molar-refractivity contribution < 1.29 is 80.2 Å². The van der Waals surface area contributed by atoms with Crippen molar-refractivity contribution in [3.05, 3.63) is 0 Å². The van der Waals surface area contributed by atoms with E-state index in [-0.39, 0.29) is 25.7 Å². The number of esters is 4. The van der Waals surface area contributed by atoms with Gasteiger partial charge >= 0.3 is 39.5 Å². The monoisotopic (exact) mass is 1410 g/mol. The molecule has 0 aromatic heterocycles. The number of unbranched alkanes of at least 4 members (excludes halogenated alkanes) is 48. The summed E-state index contributed by atoms with van der Waals surface area (Å²) < 4.78 is 68.5. The van der Waals surface area contributed by atoms with Crippen LogP contribution in [0.15, 0.2) is 0 Å². The molecule has 0 saturated carbocycles. The number of ether oxygens (including phenoxy) is 4. The van der Waals surface area contributed by atoms with Crippen molar-refractivity contribution in [2.45, 2.75) is 425 Å². The van der Waals surface area contributed by atoms with Gasteiger partial charge in [0.25, 0.3) is 0 Å². The van der Waals surface area contributed by atoms with Crippen molar-refractivity contribution in [3.63, 3.8) is 0 Å². The number of hydrogen-bond donors (Lipinski definition) is 3. The minimum Gasteiger partial charge on any atom is -0.462 e. The number of aliphatic hydroxyl groups is 1. The molecule has 19 heteroatoms. The highest BCUT2D eigenvalue weighted by molar-refractivity contribution is 7.47. The predicted octanol–water partition coefficient (Wildman–Crippen LogP) is 22.9. The van der Waals surface area contributed by atoms with E-state index in [1.54, 1.807) is 0 Å². The lowest BCUT2D eigenvalue weighted by molar-refractivity contribution is -0.161. The van der Waals surface area contributed by atoms with Gasteiger partial charge in [-0.05, 0) is 31.6 Å². The van der Waals surface area contributed by atoms with Gasteiger partial charge in [-0.2, -0.15) is 0 Å². The Morgan fingerprint density at radius 2 is 0.500 bits per heavy atom. The second-order valence-electron chi connectivity index (χ2n) is 28.0. The lowest BCUT2D eigenvalue weighted by atomic mass is 9.99. The number of carbonyl (C=O) groups is 4. The molecular weight excluding hydrogens is 1260 g/mol. The molecule has 0 aliphatic heterocycles. The Kier molecular flexibility index (Phi) is 68.7. The van der Waals surface area contributed by atoms with Crippen LogP contribution in [0.2, 0.25) is 0 Å². The summed E-state index contributed by atoms with van der Waals surface area (Å²) in [5.41, 5.74) is 0. The van der Waals surface area contributed by atoms with E-state index in [2.05, 4.69) is 34.6 Å². The Balaban J connectivity index is 5.22. The van der Waals surface area contributed by atoms with Crippen LogP contribution in [-0.2, 0) is 65.4 Å². The molecule has 0 aromatic rings. The van der Waals surface area contributed by atoms with Crippen LogP contribution in [0.3, 0.4) is 0 Å². The second kappa shape index (κ2) is 70.1. The van der Waals surface area contributed by atoms with Crippen molar-refractivity contribution in [1.29, 1.82) is 0 Å². The molecule has 3 unspecified atom stereocenters. The number of aliphatic hydroxyl groups excluding tert-OH is 1. The van der Waals surface area contributed by atoms with Gasteiger partial charge in [0.15, 0.2) is 12.2 Å². The van der Waals surface area contributed by atoms with Gasteiger partial charge in [-0.25, -0.2) is 9.13 Å². The number of carbonyl (C=O) groups excluding carboxylic acids is 4. The first-order valence-electron chi connectivity index (χ1n) is 40.2. The molecule has 17 nitrogen and oxygen atoms in total. The fraction of sp³-hybridized carbons (Fsp3) is 0.948. The van der Waals surface area contributed by atoms with Gasteiger partial charge in [0.2, 0.25) is 0 Å². The molecule has 570 valence electrons. The van der Waals surface area contributed by atoms with Crippen molar-refractivity contribution in [1.82, 2.24) is 0 Å². The highest BCUT2D eigenvalue weighted by Crippen LogP contribution is 2.45. The Labute approximate surface area is 588 Å². The molecule has 0 bridgehead atoms. The van der Waals surface area contributed by atoms with E-state index in [4.69, 9.17) is 37.0 Å². The van der Waals surface area contributed by atoms with Crippen LogP contribution in [0.1, 0.15) is 407 Å². The van der Waals surface area contributed by atoms with Crippen LogP contribution in [0.5, 0.6) is 0 Å². The van der Waals surface area contributed by atoms with Crippen molar-refractivity contribution in [2.24, 2.45) is 5.92 Å². The van der Waals surface area contributed by atoms with E-state index in [0.717, 1.165) is 95.8 Å². The van der Waals surface area contributed by atoms with Gasteiger partial charge in [0.05, 0.1) is 26.4 Å². The fourth-order valence-electron chi connectivity index (χ4n) is 11.8. The Morgan fingerprint density at radius 1 is 0.292 bits per heavy atom. The molecule has 3 N–H and O–H groups in total. The molecule has 96 heavy (non-hydrogen) atoms. The number of phosphoric acid groups is 2. The first-order chi connectivity index (χ1) is 46.6. The average Bonchev–Trinajstić information content (AvgIpc) is 1.52. The van der Waals surface area contributed by atoms with Crippen LogP contribution in [-0.4, -0.2) is 96.7 Å². The number of rotatable bonds is 77. The van der Waals surface area contributed by atoms with Gasteiger partial charge in [-0.3, -0.25) is 37.3 Å². The minimum absolute atomic E-state index is 0.105. The highest BCUT2D eigenvalue weighted by Gasteiger charge is 2.30. The van der Waals surface area contributed by atoms with E-state index in [1.807, 2.05) is 0 Å². The minimum atomic E-state index is -4.96. The normalized spacial score (nSPS) is 14.2. The van der Waals surface area contributed by atoms with Gasteiger partial charge in [0.1, 0.15) is 19.3 Å². The maximum Gasteiger partial charge on any atom is 0.472 e. The summed E-state index contributed by atoms with van der Waals surface area (Å²) in [5, 5.41) is 10.6. The van der Waals surface area contributed by atoms with E-state index in [9.17, 15) is 43.2 Å². The van der Waals surface area contributed by atoms with Gasteiger partial charge in [0, 0.05) is 25.7 Å². The first-order valence-corrected chi connectivity index (χ1v) is 43.2. The molecular formula is C77H150O17P2. The van der Waals surface area contributed by atoms with E-state index in [0.29, 0.717) is 25.7 Å². The van der Waals surface area contributed by atoms with Gasteiger partial charge in [-0.15, -0.1) is 0 Å². The van der Waals surface area contributed by atoms with Crippen LogP contribution >= 0.6 is 15.6 Å². The van der Waals surface area contributed by atoms with Crippen molar-refractivity contribution >= 4 is 39.5 Å². The predicted molar refractivity (Wildman–Crippen MR) is 391 cm³/mol. The zero-order valence-electron chi connectivity index (χ0n) is 62.5. The second-order valence-corrected chi connectivity index (χ2v) is 30.9. The smallest absolute Gasteiger partial charge is 0.462 e.